The Bertz CT molecular complexity index is 364. The van der Waals surface area contributed by atoms with Gasteiger partial charge < -0.3 is 14.9 Å². The van der Waals surface area contributed by atoms with Crippen molar-refractivity contribution in [1.29, 1.82) is 0 Å². The molecule has 0 heterocycles. The summed E-state index contributed by atoms with van der Waals surface area (Å²) in [6.45, 7) is -0.602. The van der Waals surface area contributed by atoms with E-state index in [4.69, 9.17) is 14.9 Å². The number of ether oxygens (including phenoxy) is 1. The Balaban J connectivity index is 3.19. The van der Waals surface area contributed by atoms with Crippen molar-refractivity contribution < 1.29 is 24.1 Å². The molecular formula is C10H11FO4. The van der Waals surface area contributed by atoms with Gasteiger partial charge in [0.2, 0.25) is 0 Å². The van der Waals surface area contributed by atoms with Crippen LogP contribution in [0, 0.1) is 5.82 Å². The number of hydrogen-bond donors (Lipinski definition) is 2. The van der Waals surface area contributed by atoms with E-state index in [1.54, 1.807) is 0 Å². The van der Waals surface area contributed by atoms with Gasteiger partial charge in [0.25, 0.3) is 0 Å². The zero-order valence-corrected chi connectivity index (χ0v) is 8.11. The van der Waals surface area contributed by atoms with E-state index >= 15 is 0 Å². The van der Waals surface area contributed by atoms with Gasteiger partial charge in [-0.05, 0) is 18.2 Å². The molecule has 1 aromatic carbocycles. The first-order valence-corrected chi connectivity index (χ1v) is 4.27. The molecule has 82 valence electrons. The fraction of sp³-hybridized carbons (Fsp3) is 0.300. The van der Waals surface area contributed by atoms with Crippen LogP contribution >= 0.6 is 0 Å². The first-order chi connectivity index (χ1) is 7.10. The first kappa shape index (κ1) is 11.5. The van der Waals surface area contributed by atoms with Gasteiger partial charge in [-0.1, -0.05) is 0 Å². The van der Waals surface area contributed by atoms with E-state index in [-0.39, 0.29) is 11.3 Å². The lowest BCUT2D eigenvalue weighted by Crippen LogP contribution is -2.16. The number of carboxylic acid groups (broad SMARTS) is 1. The minimum atomic E-state index is -1.22. The summed E-state index contributed by atoms with van der Waals surface area (Å²) in [5.41, 5.74) is 0.132. The quantitative estimate of drug-likeness (QED) is 0.784. The van der Waals surface area contributed by atoms with E-state index in [1.165, 1.54) is 19.2 Å². The lowest BCUT2D eigenvalue weighted by Gasteiger charge is -2.13. The summed E-state index contributed by atoms with van der Waals surface area (Å²) in [6.07, 6.45) is 0. The zero-order valence-electron chi connectivity index (χ0n) is 8.11. The van der Waals surface area contributed by atoms with Crippen LogP contribution in [0.1, 0.15) is 11.5 Å². The molecule has 0 aromatic heterocycles. The van der Waals surface area contributed by atoms with E-state index in [0.717, 1.165) is 6.07 Å². The number of hydrogen-bond acceptors (Lipinski definition) is 3. The number of aliphatic hydroxyl groups is 1. The summed E-state index contributed by atoms with van der Waals surface area (Å²) >= 11 is 0. The maximum absolute atomic E-state index is 12.9. The third-order valence-corrected chi connectivity index (χ3v) is 2.05. The second kappa shape index (κ2) is 4.75. The molecule has 0 fully saturated rings. The molecular weight excluding hydrogens is 203 g/mol. The van der Waals surface area contributed by atoms with Crippen LogP contribution in [0.15, 0.2) is 18.2 Å². The number of aliphatic hydroxyl groups excluding tert-OH is 1. The van der Waals surface area contributed by atoms with Gasteiger partial charge in [-0.25, -0.2) is 4.39 Å². The molecule has 5 heteroatoms. The van der Waals surface area contributed by atoms with Crippen molar-refractivity contribution in [2.75, 3.05) is 13.7 Å². The fourth-order valence-corrected chi connectivity index (χ4v) is 1.29. The molecule has 0 bridgehead atoms. The lowest BCUT2D eigenvalue weighted by atomic mass is 9.99. The zero-order chi connectivity index (χ0) is 11.4. The van der Waals surface area contributed by atoms with Gasteiger partial charge in [-0.15, -0.1) is 0 Å². The average Bonchev–Trinajstić information content (AvgIpc) is 2.18. The number of benzene rings is 1. The van der Waals surface area contributed by atoms with E-state index in [2.05, 4.69) is 0 Å². The van der Waals surface area contributed by atoms with Crippen LogP contribution in [0.25, 0.3) is 0 Å². The molecule has 4 nitrogen and oxygen atoms in total. The number of carbonyl (C=O) groups is 1. The van der Waals surface area contributed by atoms with Crippen LogP contribution in [0.2, 0.25) is 0 Å². The summed E-state index contributed by atoms with van der Waals surface area (Å²) in [5.74, 6) is -2.71. The Hall–Kier alpha value is -1.62. The minimum absolute atomic E-state index is 0.132. The van der Waals surface area contributed by atoms with Crippen LogP contribution in [0.3, 0.4) is 0 Å². The molecule has 0 aliphatic heterocycles. The second-order valence-corrected chi connectivity index (χ2v) is 2.96. The average molecular weight is 214 g/mol. The standard InChI is InChI=1S/C10H11FO4/c1-15-9-3-2-6(11)4-7(9)8(5-12)10(13)14/h2-4,8,12H,5H2,1H3,(H,13,14). The molecule has 0 saturated heterocycles. The number of aliphatic carboxylic acids is 1. The molecule has 15 heavy (non-hydrogen) atoms. The minimum Gasteiger partial charge on any atom is -0.496 e. The normalized spacial score (nSPS) is 12.2. The maximum Gasteiger partial charge on any atom is 0.313 e. The van der Waals surface area contributed by atoms with Gasteiger partial charge in [0.05, 0.1) is 13.7 Å². The number of halogens is 1. The smallest absolute Gasteiger partial charge is 0.313 e. The van der Waals surface area contributed by atoms with Gasteiger partial charge in [0.1, 0.15) is 17.5 Å². The molecule has 0 aliphatic carbocycles. The molecule has 0 amide bonds. The van der Waals surface area contributed by atoms with Crippen molar-refractivity contribution in [3.63, 3.8) is 0 Å². The Kier molecular flexibility index (Phi) is 3.62. The topological polar surface area (TPSA) is 66.8 Å². The van der Waals surface area contributed by atoms with Gasteiger partial charge >= 0.3 is 5.97 Å². The maximum atomic E-state index is 12.9. The Morgan fingerprint density at radius 3 is 2.73 bits per heavy atom. The number of carboxylic acids is 1. The highest BCUT2D eigenvalue weighted by atomic mass is 19.1. The highest BCUT2D eigenvalue weighted by molar-refractivity contribution is 5.77. The number of rotatable bonds is 4. The van der Waals surface area contributed by atoms with Crippen LogP contribution in [-0.4, -0.2) is 29.9 Å². The van der Waals surface area contributed by atoms with Crippen molar-refractivity contribution in [1.82, 2.24) is 0 Å². The van der Waals surface area contributed by atoms with Gasteiger partial charge in [0, 0.05) is 5.56 Å². The molecule has 0 aliphatic rings. The van der Waals surface area contributed by atoms with Crippen LogP contribution in [0.4, 0.5) is 4.39 Å². The van der Waals surface area contributed by atoms with E-state index < -0.39 is 24.3 Å². The summed E-state index contributed by atoms with van der Waals surface area (Å²) in [5, 5.41) is 17.7. The van der Waals surface area contributed by atoms with E-state index in [1.807, 2.05) is 0 Å². The van der Waals surface area contributed by atoms with Crippen molar-refractivity contribution in [2.45, 2.75) is 5.92 Å². The summed E-state index contributed by atoms with van der Waals surface area (Å²) in [6, 6.07) is 3.54. The summed E-state index contributed by atoms with van der Waals surface area (Å²) in [4.78, 5) is 10.8. The lowest BCUT2D eigenvalue weighted by molar-refractivity contribution is -0.139. The molecule has 0 saturated carbocycles. The van der Waals surface area contributed by atoms with Crippen molar-refractivity contribution in [3.8, 4) is 5.75 Å². The molecule has 1 aromatic rings. The molecule has 1 rings (SSSR count). The Morgan fingerprint density at radius 1 is 1.60 bits per heavy atom. The summed E-state index contributed by atoms with van der Waals surface area (Å²) in [7, 11) is 1.35. The van der Waals surface area contributed by atoms with E-state index in [9.17, 15) is 9.18 Å². The number of methoxy groups -OCH3 is 1. The van der Waals surface area contributed by atoms with Gasteiger partial charge in [0.15, 0.2) is 0 Å². The Labute approximate surface area is 85.9 Å². The molecule has 1 unspecified atom stereocenters. The predicted octanol–water partition coefficient (Wildman–Crippen LogP) is 0.995. The third kappa shape index (κ3) is 2.44. The highest BCUT2D eigenvalue weighted by Crippen LogP contribution is 2.27. The second-order valence-electron chi connectivity index (χ2n) is 2.96. The molecule has 1 atom stereocenters. The predicted molar refractivity (Wildman–Crippen MR) is 50.4 cm³/mol. The molecule has 0 spiro atoms. The van der Waals surface area contributed by atoms with Gasteiger partial charge in [-0.3, -0.25) is 4.79 Å². The highest BCUT2D eigenvalue weighted by Gasteiger charge is 2.23. The van der Waals surface area contributed by atoms with Crippen LogP contribution in [-0.2, 0) is 4.79 Å². The van der Waals surface area contributed by atoms with Crippen molar-refractivity contribution in [2.24, 2.45) is 0 Å². The largest absolute Gasteiger partial charge is 0.496 e. The SMILES string of the molecule is COc1ccc(F)cc1C(CO)C(=O)O. The van der Waals surface area contributed by atoms with Gasteiger partial charge in [-0.2, -0.15) is 0 Å². The third-order valence-electron chi connectivity index (χ3n) is 2.05. The first-order valence-electron chi connectivity index (χ1n) is 4.27. The Morgan fingerprint density at radius 2 is 2.27 bits per heavy atom. The summed E-state index contributed by atoms with van der Waals surface area (Å²) < 4.78 is 17.8. The molecule has 0 radical (unpaired) electrons. The van der Waals surface area contributed by atoms with Crippen LogP contribution < -0.4 is 4.74 Å². The molecule has 2 N–H and O–H groups in total. The van der Waals surface area contributed by atoms with E-state index in [0.29, 0.717) is 0 Å². The fourth-order valence-electron chi connectivity index (χ4n) is 1.29. The van der Waals surface area contributed by atoms with Crippen molar-refractivity contribution >= 4 is 5.97 Å². The monoisotopic (exact) mass is 214 g/mol. The van der Waals surface area contributed by atoms with Crippen LogP contribution in [0.5, 0.6) is 5.75 Å². The van der Waals surface area contributed by atoms with Crippen molar-refractivity contribution in [3.05, 3.63) is 29.6 Å².